The van der Waals surface area contributed by atoms with Crippen LogP contribution in [-0.4, -0.2) is 26.2 Å². The fourth-order valence-corrected chi connectivity index (χ4v) is 4.49. The van der Waals surface area contributed by atoms with E-state index in [4.69, 9.17) is 0 Å². The van der Waals surface area contributed by atoms with Crippen molar-refractivity contribution >= 4 is 17.5 Å². The van der Waals surface area contributed by atoms with Crippen molar-refractivity contribution in [3.8, 4) is 0 Å². The van der Waals surface area contributed by atoms with Crippen LogP contribution in [0.15, 0.2) is 54.6 Å². The fourth-order valence-electron chi connectivity index (χ4n) is 4.49. The summed E-state index contributed by atoms with van der Waals surface area (Å²) in [6.45, 7) is 4.81. The Morgan fingerprint density at radius 1 is 0.630 bits per heavy atom. The normalized spacial score (nSPS) is 18.2. The lowest BCUT2D eigenvalue weighted by atomic mass is 10.0. The molecular formula is C25H32N2. The molecule has 0 saturated carbocycles. The number of para-hydroxylation sites is 2. The zero-order chi connectivity index (χ0) is 18.3. The van der Waals surface area contributed by atoms with Crippen LogP contribution in [0.1, 0.15) is 49.7 Å². The Bertz CT molecular complexity index is 752. The molecule has 2 nitrogen and oxygen atoms in total. The molecule has 0 unspecified atom stereocenters. The number of anilines is 2. The maximum absolute atomic E-state index is 2.58. The van der Waals surface area contributed by atoms with Gasteiger partial charge in [0.1, 0.15) is 0 Å². The minimum Gasteiger partial charge on any atom is -0.371 e. The minimum absolute atomic E-state index is 1.00. The summed E-state index contributed by atoms with van der Waals surface area (Å²) in [7, 11) is 0. The number of allylic oxidation sites excluding steroid dienone is 1. The molecule has 2 saturated heterocycles. The van der Waals surface area contributed by atoms with Crippen molar-refractivity contribution in [2.75, 3.05) is 36.0 Å². The Morgan fingerprint density at radius 2 is 1.19 bits per heavy atom. The first-order valence-corrected chi connectivity index (χ1v) is 10.8. The van der Waals surface area contributed by atoms with E-state index in [1.165, 1.54) is 87.2 Å². The number of benzene rings is 2. The molecule has 0 radical (unpaired) electrons. The quantitative estimate of drug-likeness (QED) is 0.653. The van der Waals surface area contributed by atoms with E-state index in [1.807, 2.05) is 0 Å². The molecule has 0 aliphatic carbocycles. The van der Waals surface area contributed by atoms with Crippen LogP contribution >= 0.6 is 0 Å². The van der Waals surface area contributed by atoms with Gasteiger partial charge in [0, 0.05) is 37.6 Å². The maximum atomic E-state index is 2.58. The smallest absolute Gasteiger partial charge is 0.0439 e. The largest absolute Gasteiger partial charge is 0.371 e. The van der Waals surface area contributed by atoms with E-state index in [0.717, 1.165) is 6.42 Å². The van der Waals surface area contributed by atoms with E-state index in [1.54, 1.807) is 0 Å². The van der Waals surface area contributed by atoms with Crippen molar-refractivity contribution in [3.63, 3.8) is 0 Å². The third-order valence-electron chi connectivity index (χ3n) is 5.96. The average molecular weight is 361 g/mol. The average Bonchev–Trinajstić information content (AvgIpc) is 2.76. The third-order valence-corrected chi connectivity index (χ3v) is 5.96. The van der Waals surface area contributed by atoms with E-state index in [9.17, 15) is 0 Å². The zero-order valence-electron chi connectivity index (χ0n) is 16.4. The van der Waals surface area contributed by atoms with Crippen LogP contribution in [0.25, 0.3) is 6.08 Å². The Balaban J connectivity index is 1.49. The molecule has 2 aromatic carbocycles. The van der Waals surface area contributed by atoms with Gasteiger partial charge >= 0.3 is 0 Å². The Kier molecular flexibility index (Phi) is 6.13. The van der Waals surface area contributed by atoms with Crippen molar-refractivity contribution in [2.24, 2.45) is 0 Å². The van der Waals surface area contributed by atoms with Gasteiger partial charge in [0.15, 0.2) is 0 Å². The molecule has 142 valence electrons. The minimum atomic E-state index is 1.00. The summed E-state index contributed by atoms with van der Waals surface area (Å²) in [5.74, 6) is 0. The van der Waals surface area contributed by atoms with Gasteiger partial charge in [-0.05, 0) is 68.2 Å². The highest BCUT2D eigenvalue weighted by molar-refractivity contribution is 5.68. The van der Waals surface area contributed by atoms with Crippen molar-refractivity contribution < 1.29 is 0 Å². The predicted molar refractivity (Wildman–Crippen MR) is 118 cm³/mol. The van der Waals surface area contributed by atoms with E-state index >= 15 is 0 Å². The topological polar surface area (TPSA) is 6.48 Å². The van der Waals surface area contributed by atoms with Crippen molar-refractivity contribution in [1.29, 1.82) is 0 Å². The zero-order valence-corrected chi connectivity index (χ0v) is 16.4. The Labute approximate surface area is 164 Å². The Morgan fingerprint density at radius 3 is 1.89 bits per heavy atom. The molecule has 4 rings (SSSR count). The molecule has 2 aliphatic heterocycles. The van der Waals surface area contributed by atoms with E-state index in [-0.39, 0.29) is 0 Å². The summed E-state index contributed by atoms with van der Waals surface area (Å²) < 4.78 is 0. The third kappa shape index (κ3) is 4.55. The molecule has 0 amide bonds. The van der Waals surface area contributed by atoms with Crippen LogP contribution in [0.5, 0.6) is 0 Å². The molecule has 2 heteroatoms. The molecule has 2 fully saturated rings. The Hall–Kier alpha value is -2.22. The summed E-state index contributed by atoms with van der Waals surface area (Å²) >= 11 is 0. The lowest BCUT2D eigenvalue weighted by Crippen LogP contribution is -2.30. The van der Waals surface area contributed by atoms with E-state index in [0.29, 0.717) is 0 Å². The van der Waals surface area contributed by atoms with Crippen LogP contribution in [0.4, 0.5) is 11.4 Å². The van der Waals surface area contributed by atoms with Gasteiger partial charge in [0.25, 0.3) is 0 Å². The van der Waals surface area contributed by atoms with Crippen LogP contribution in [-0.2, 0) is 6.42 Å². The van der Waals surface area contributed by atoms with Crippen LogP contribution in [0.2, 0.25) is 0 Å². The summed E-state index contributed by atoms with van der Waals surface area (Å²) in [5, 5.41) is 0. The predicted octanol–water partition coefficient (Wildman–Crippen LogP) is 5.92. The second kappa shape index (κ2) is 9.12. The monoisotopic (exact) mass is 360 g/mol. The molecule has 0 atom stereocenters. The van der Waals surface area contributed by atoms with E-state index in [2.05, 4.69) is 70.5 Å². The molecule has 2 aliphatic rings. The number of hydrogen-bond donors (Lipinski definition) is 0. The molecule has 2 heterocycles. The van der Waals surface area contributed by atoms with Crippen LogP contribution < -0.4 is 9.80 Å². The fraction of sp³-hybridized carbons (Fsp3) is 0.440. The highest BCUT2D eigenvalue weighted by Crippen LogP contribution is 2.27. The number of nitrogens with zero attached hydrogens (tertiary/aromatic N) is 2. The van der Waals surface area contributed by atoms with Gasteiger partial charge in [-0.1, -0.05) is 48.6 Å². The lowest BCUT2D eigenvalue weighted by molar-refractivity contribution is 0.576. The molecule has 0 aromatic heterocycles. The first-order chi connectivity index (χ1) is 13.4. The molecule has 27 heavy (non-hydrogen) atoms. The van der Waals surface area contributed by atoms with Gasteiger partial charge in [-0.3, -0.25) is 0 Å². The van der Waals surface area contributed by atoms with Gasteiger partial charge in [-0.2, -0.15) is 0 Å². The molecule has 2 aromatic rings. The van der Waals surface area contributed by atoms with Gasteiger partial charge in [0.05, 0.1) is 0 Å². The summed E-state index contributed by atoms with van der Waals surface area (Å²) in [6.07, 6.45) is 13.7. The first-order valence-electron chi connectivity index (χ1n) is 10.8. The second-order valence-corrected chi connectivity index (χ2v) is 7.89. The number of piperidine rings is 2. The van der Waals surface area contributed by atoms with Crippen LogP contribution in [0, 0.1) is 0 Å². The summed E-state index contributed by atoms with van der Waals surface area (Å²) in [6, 6.07) is 17.8. The molecule has 0 spiro atoms. The van der Waals surface area contributed by atoms with Crippen molar-refractivity contribution in [1.82, 2.24) is 0 Å². The molecule has 0 N–H and O–H groups in total. The van der Waals surface area contributed by atoms with E-state index < -0.39 is 0 Å². The number of rotatable bonds is 5. The van der Waals surface area contributed by atoms with Gasteiger partial charge in [0.2, 0.25) is 0 Å². The highest BCUT2D eigenvalue weighted by atomic mass is 15.1. The highest BCUT2D eigenvalue weighted by Gasteiger charge is 2.14. The summed E-state index contributed by atoms with van der Waals surface area (Å²) in [5.41, 5.74) is 5.64. The van der Waals surface area contributed by atoms with Gasteiger partial charge in [-0.15, -0.1) is 0 Å². The maximum Gasteiger partial charge on any atom is 0.0439 e. The van der Waals surface area contributed by atoms with Gasteiger partial charge < -0.3 is 9.80 Å². The second-order valence-electron chi connectivity index (χ2n) is 7.89. The SMILES string of the molecule is C(=Cc1ccccc1N1CCCCC1)Cc1ccccc1N1CCCCC1. The molecule has 0 bridgehead atoms. The molecular weight excluding hydrogens is 328 g/mol. The van der Waals surface area contributed by atoms with Crippen molar-refractivity contribution in [3.05, 3.63) is 65.7 Å². The number of hydrogen-bond acceptors (Lipinski definition) is 2. The summed E-state index contributed by atoms with van der Waals surface area (Å²) in [4.78, 5) is 5.14. The lowest BCUT2D eigenvalue weighted by Gasteiger charge is -2.30. The standard InChI is InChI=1S/C25H32N2/c1-7-18-26(19-8-1)24-16-5-3-12-22(24)14-11-15-23-13-4-6-17-25(23)27-20-9-2-10-21-27/h3-6,11-14,16-17H,1-2,7-10,15,18-21H2. The van der Waals surface area contributed by atoms with Gasteiger partial charge in [-0.25, -0.2) is 0 Å². The van der Waals surface area contributed by atoms with Crippen molar-refractivity contribution in [2.45, 2.75) is 44.9 Å². The first kappa shape index (κ1) is 18.2. The van der Waals surface area contributed by atoms with Crippen LogP contribution in [0.3, 0.4) is 0 Å².